The molecule has 0 bridgehead atoms. The van der Waals surface area contributed by atoms with Crippen molar-refractivity contribution in [2.24, 2.45) is 0 Å². The van der Waals surface area contributed by atoms with E-state index in [-0.39, 0.29) is 26.4 Å². The molecule has 0 radical (unpaired) electrons. The number of nitrogens with one attached hydrogen (secondary N) is 2. The van der Waals surface area contributed by atoms with E-state index in [1.807, 2.05) is 91.0 Å². The van der Waals surface area contributed by atoms with Gasteiger partial charge in [-0.15, -0.1) is 0 Å². The van der Waals surface area contributed by atoms with Crippen molar-refractivity contribution in [1.82, 2.24) is 5.32 Å². The van der Waals surface area contributed by atoms with Crippen molar-refractivity contribution >= 4 is 52.8 Å². The fourth-order valence-electron chi connectivity index (χ4n) is 4.51. The van der Waals surface area contributed by atoms with Gasteiger partial charge in [0.1, 0.15) is 37.6 Å². The van der Waals surface area contributed by atoms with E-state index in [0.29, 0.717) is 0 Å². The summed E-state index contributed by atoms with van der Waals surface area (Å²) in [5, 5.41) is 11.0. The van der Waals surface area contributed by atoms with Crippen LogP contribution in [0.25, 0.3) is 0 Å². The second kappa shape index (κ2) is 16.8. The zero-order chi connectivity index (χ0) is 32.2. The lowest BCUT2D eigenvalue weighted by atomic mass is 9.96. The Balaban J connectivity index is 1.67. The van der Waals surface area contributed by atoms with E-state index in [0.717, 1.165) is 16.7 Å². The highest BCUT2D eigenvalue weighted by Crippen LogP contribution is 2.33. The number of carbonyl (C=O) groups excluding carboxylic acids is 2. The number of hydrogen-bond donors (Lipinski definition) is 2. The third-order valence-electron chi connectivity index (χ3n) is 6.66. The van der Waals surface area contributed by atoms with Gasteiger partial charge in [-0.1, -0.05) is 126 Å². The van der Waals surface area contributed by atoms with Crippen molar-refractivity contribution in [3.05, 3.63) is 108 Å². The van der Waals surface area contributed by atoms with Gasteiger partial charge in [-0.25, -0.2) is 4.79 Å². The Morgan fingerprint density at radius 1 is 0.778 bits per heavy atom. The first-order valence-corrected chi connectivity index (χ1v) is 15.1. The van der Waals surface area contributed by atoms with Gasteiger partial charge in [0.15, 0.2) is 0 Å². The quantitative estimate of drug-likeness (QED) is 0.102. The number of ether oxygens (including phenoxy) is 6. The molecule has 0 aliphatic carbocycles. The van der Waals surface area contributed by atoms with Crippen LogP contribution in [0.2, 0.25) is 0 Å². The lowest BCUT2D eigenvalue weighted by Gasteiger charge is -2.46. The summed E-state index contributed by atoms with van der Waals surface area (Å²) in [7, 11) is 0. The zero-order valence-corrected chi connectivity index (χ0v) is 26.5. The third-order valence-corrected chi connectivity index (χ3v) is 7.17. The molecule has 13 heteroatoms. The molecule has 1 saturated heterocycles. The molecule has 1 heterocycles. The minimum atomic E-state index is -2.24. The number of halogens is 3. The molecular formula is C32H33Cl3N2O8. The summed E-state index contributed by atoms with van der Waals surface area (Å²) in [5.41, 5.74) is 2.45. The Morgan fingerprint density at radius 2 is 1.27 bits per heavy atom. The molecule has 45 heavy (non-hydrogen) atoms. The number of carbonyl (C=O) groups is 2. The largest absolute Gasteiger partial charge is 0.463 e. The Morgan fingerprint density at radius 3 is 1.76 bits per heavy atom. The van der Waals surface area contributed by atoms with Gasteiger partial charge < -0.3 is 33.7 Å². The molecule has 2 N–H and O–H groups in total. The van der Waals surface area contributed by atoms with Crippen LogP contribution in [-0.4, -0.2) is 59.0 Å². The van der Waals surface area contributed by atoms with Crippen molar-refractivity contribution in [3.8, 4) is 0 Å². The predicted octanol–water partition coefficient (Wildman–Crippen LogP) is 6.10. The SMILES string of the molecule is CC(=O)OC[C@H]1O[C@H](OC(=N)C(Cl)(Cl)Cl)[C@H](NC(=O)OCc2ccccc2)[C@@H](OCc2ccccc2)[C@@H]1OCc1ccccc1. The molecule has 3 aromatic rings. The maximum atomic E-state index is 13.2. The highest BCUT2D eigenvalue weighted by atomic mass is 35.6. The molecule has 10 nitrogen and oxygen atoms in total. The number of hydrogen-bond acceptors (Lipinski definition) is 9. The summed E-state index contributed by atoms with van der Waals surface area (Å²) in [6.45, 7) is 1.21. The normalized spacial score (nSPS) is 21.4. The Hall–Kier alpha value is -3.38. The molecule has 1 amide bonds. The second-order valence-corrected chi connectivity index (χ2v) is 12.3. The van der Waals surface area contributed by atoms with Crippen LogP contribution < -0.4 is 5.32 Å². The maximum Gasteiger partial charge on any atom is 0.408 e. The number of alkyl halides is 3. The summed E-state index contributed by atoms with van der Waals surface area (Å²) >= 11 is 17.8. The average molecular weight is 680 g/mol. The Labute approximate surface area is 276 Å². The summed E-state index contributed by atoms with van der Waals surface area (Å²) in [5.74, 6) is -1.32. The number of esters is 1. The lowest BCUT2D eigenvalue weighted by Crippen LogP contribution is -2.66. The van der Waals surface area contributed by atoms with Gasteiger partial charge in [0.05, 0.1) is 13.2 Å². The lowest BCUT2D eigenvalue weighted by molar-refractivity contribution is -0.271. The summed E-state index contributed by atoms with van der Waals surface area (Å²) in [6, 6.07) is 26.7. The van der Waals surface area contributed by atoms with Crippen molar-refractivity contribution in [3.63, 3.8) is 0 Å². The number of amides is 1. The van der Waals surface area contributed by atoms with Crippen LogP contribution in [0.1, 0.15) is 23.6 Å². The molecular weight excluding hydrogens is 647 g/mol. The molecule has 1 fully saturated rings. The zero-order valence-electron chi connectivity index (χ0n) is 24.3. The van der Waals surface area contributed by atoms with Gasteiger partial charge in [-0.05, 0) is 16.7 Å². The van der Waals surface area contributed by atoms with E-state index in [1.54, 1.807) is 0 Å². The van der Waals surface area contributed by atoms with Gasteiger partial charge in [0.25, 0.3) is 3.79 Å². The summed E-state index contributed by atoms with van der Waals surface area (Å²) < 4.78 is 33.2. The standard InChI is InChI=1S/C32H33Cl3N2O8/c1-21(38)40-20-25-27(41-17-22-11-5-2-6-12-22)28(42-18-23-13-7-3-8-14-23)26(29(44-25)45-30(36)32(33,34)35)37-31(39)43-19-24-15-9-4-10-16-24/h2-16,25-29,36H,17-20H2,1H3,(H,37,39)/t25-,26-,27-,28-,29-/m1/s1. The second-order valence-electron chi connectivity index (χ2n) is 10.0. The maximum absolute atomic E-state index is 13.2. The van der Waals surface area contributed by atoms with E-state index in [4.69, 9.17) is 68.6 Å². The highest BCUT2D eigenvalue weighted by molar-refractivity contribution is 6.76. The number of alkyl carbamates (subject to hydrolysis) is 1. The molecule has 0 saturated carbocycles. The number of rotatable bonds is 12. The van der Waals surface area contributed by atoms with Crippen molar-refractivity contribution in [2.45, 2.75) is 61.2 Å². The first-order chi connectivity index (χ1) is 21.6. The molecule has 5 atom stereocenters. The van der Waals surface area contributed by atoms with E-state index in [2.05, 4.69) is 5.32 Å². The molecule has 0 spiro atoms. The van der Waals surface area contributed by atoms with E-state index in [1.165, 1.54) is 6.92 Å². The third kappa shape index (κ3) is 10.9. The first kappa shape index (κ1) is 34.5. The fourth-order valence-corrected chi connectivity index (χ4v) is 4.64. The van der Waals surface area contributed by atoms with Crippen LogP contribution in [0.15, 0.2) is 91.0 Å². The van der Waals surface area contributed by atoms with Crippen molar-refractivity contribution < 1.29 is 38.0 Å². The van der Waals surface area contributed by atoms with E-state index in [9.17, 15) is 9.59 Å². The molecule has 4 rings (SSSR count). The minimum Gasteiger partial charge on any atom is -0.463 e. The van der Waals surface area contributed by atoms with Gasteiger partial charge in [0, 0.05) is 6.92 Å². The summed E-state index contributed by atoms with van der Waals surface area (Å²) in [4.78, 5) is 25.0. The molecule has 0 aromatic heterocycles. The first-order valence-electron chi connectivity index (χ1n) is 14.0. The van der Waals surface area contributed by atoms with Crippen LogP contribution in [0, 0.1) is 5.41 Å². The van der Waals surface area contributed by atoms with Crippen LogP contribution >= 0.6 is 34.8 Å². The molecule has 240 valence electrons. The van der Waals surface area contributed by atoms with E-state index < -0.39 is 52.4 Å². The van der Waals surface area contributed by atoms with Crippen molar-refractivity contribution in [2.75, 3.05) is 6.61 Å². The van der Waals surface area contributed by atoms with Crippen LogP contribution in [0.3, 0.4) is 0 Å². The number of benzene rings is 3. The fraction of sp³-hybridized carbons (Fsp3) is 0.344. The summed E-state index contributed by atoms with van der Waals surface area (Å²) in [6.07, 6.45) is -5.18. The minimum absolute atomic E-state index is 0.0195. The topological polar surface area (TPSA) is 125 Å². The van der Waals surface area contributed by atoms with Gasteiger partial charge in [0.2, 0.25) is 12.2 Å². The Kier molecular flexibility index (Phi) is 12.9. The average Bonchev–Trinajstić information content (AvgIpc) is 3.03. The monoisotopic (exact) mass is 678 g/mol. The van der Waals surface area contributed by atoms with Crippen molar-refractivity contribution in [1.29, 1.82) is 5.41 Å². The van der Waals surface area contributed by atoms with Gasteiger partial charge in [-0.2, -0.15) is 0 Å². The molecule has 1 aliphatic rings. The van der Waals surface area contributed by atoms with Gasteiger partial charge >= 0.3 is 12.1 Å². The van der Waals surface area contributed by atoms with Crippen LogP contribution in [-0.2, 0) is 53.0 Å². The van der Waals surface area contributed by atoms with Crippen LogP contribution in [0.4, 0.5) is 4.79 Å². The highest BCUT2D eigenvalue weighted by Gasteiger charge is 2.51. The molecule has 0 unspecified atom stereocenters. The Bertz CT molecular complexity index is 1380. The van der Waals surface area contributed by atoms with Crippen LogP contribution in [0.5, 0.6) is 0 Å². The molecule has 3 aromatic carbocycles. The predicted molar refractivity (Wildman–Crippen MR) is 168 cm³/mol. The van der Waals surface area contributed by atoms with Gasteiger partial charge in [-0.3, -0.25) is 10.2 Å². The van der Waals surface area contributed by atoms with E-state index >= 15 is 0 Å². The smallest absolute Gasteiger partial charge is 0.408 e. The molecule has 1 aliphatic heterocycles.